The lowest BCUT2D eigenvalue weighted by Crippen LogP contribution is -2.05. The van der Waals surface area contributed by atoms with E-state index in [1.807, 2.05) is 6.07 Å². The van der Waals surface area contributed by atoms with Gasteiger partial charge in [-0.15, -0.1) is 0 Å². The Labute approximate surface area is 107 Å². The van der Waals surface area contributed by atoms with Crippen LogP contribution in [0.1, 0.15) is 0 Å². The van der Waals surface area contributed by atoms with E-state index in [0.29, 0.717) is 21.8 Å². The molecule has 5 heteroatoms. The average Bonchev–Trinajstić information content (AvgIpc) is 2.41. The molecule has 0 amide bonds. The summed E-state index contributed by atoms with van der Waals surface area (Å²) in [7, 11) is 0. The Morgan fingerprint density at radius 3 is 2.74 bits per heavy atom. The van der Waals surface area contributed by atoms with Gasteiger partial charge in [0.25, 0.3) is 6.57 Å². The molecule has 3 aromatic rings. The zero-order valence-electron chi connectivity index (χ0n) is 9.84. The molecule has 5 nitrogen and oxygen atoms in total. The minimum atomic E-state index is -0.215. The highest BCUT2D eigenvalue weighted by Gasteiger charge is 2.21. The maximum absolute atomic E-state index is 12.3. The number of hydrogen-bond donors (Lipinski definition) is 3. The number of aromatic hydroxyl groups is 1. The second-order valence-electron chi connectivity index (χ2n) is 4.21. The molecule has 1 aromatic heterocycles. The standard InChI is InChI=1S/C14H9N3O2/c1-16-13-10(18)6-8-12(11(13)15)17-9-5-3-2-4-7(9)14(8)19/h1-6H,15H2,(H-,17,18,19)/p+1. The van der Waals surface area contributed by atoms with Gasteiger partial charge in [0.15, 0.2) is 11.1 Å². The lowest BCUT2D eigenvalue weighted by molar-refractivity contribution is 0.479. The third-order valence-corrected chi connectivity index (χ3v) is 3.12. The van der Waals surface area contributed by atoms with E-state index >= 15 is 0 Å². The topological polar surface area (TPSA) is 83.5 Å². The van der Waals surface area contributed by atoms with Crippen molar-refractivity contribution in [2.24, 2.45) is 0 Å². The first-order valence-corrected chi connectivity index (χ1v) is 5.60. The second-order valence-corrected chi connectivity index (χ2v) is 4.21. The Balaban J connectivity index is 2.64. The molecular weight excluding hydrogens is 242 g/mol. The van der Waals surface area contributed by atoms with Gasteiger partial charge >= 0.3 is 5.69 Å². The van der Waals surface area contributed by atoms with Crippen LogP contribution in [0.4, 0.5) is 11.4 Å². The Bertz CT molecular complexity index is 920. The minimum Gasteiger partial charge on any atom is -0.501 e. The largest absolute Gasteiger partial charge is 0.501 e. The number of aromatic amines is 1. The summed E-state index contributed by atoms with van der Waals surface area (Å²) in [5, 5.41) is 10.6. The summed E-state index contributed by atoms with van der Waals surface area (Å²) in [6, 6.07) is 8.40. The number of H-pyrrole nitrogens is 1. The summed E-state index contributed by atoms with van der Waals surface area (Å²) in [5.74, 6) is -0.215. The number of nitrogens with one attached hydrogen (secondary N) is 1. The minimum absolute atomic E-state index is 0.0680. The van der Waals surface area contributed by atoms with E-state index in [2.05, 4.69) is 9.83 Å². The number of fused-ring (bicyclic) bond motifs is 2. The summed E-state index contributed by atoms with van der Waals surface area (Å²) in [4.78, 5) is 18.8. The molecule has 0 saturated heterocycles. The van der Waals surface area contributed by atoms with Crippen LogP contribution < -0.4 is 11.2 Å². The molecule has 0 radical (unpaired) electrons. The van der Waals surface area contributed by atoms with Gasteiger partial charge in [-0.3, -0.25) is 4.79 Å². The van der Waals surface area contributed by atoms with Crippen LogP contribution in [0.25, 0.3) is 26.7 Å². The first-order valence-electron chi connectivity index (χ1n) is 5.60. The van der Waals surface area contributed by atoms with Crippen molar-refractivity contribution < 1.29 is 5.11 Å². The first-order chi connectivity index (χ1) is 9.13. The molecule has 2 aromatic carbocycles. The molecule has 3 rings (SSSR count). The highest BCUT2D eigenvalue weighted by Crippen LogP contribution is 2.37. The van der Waals surface area contributed by atoms with E-state index in [-0.39, 0.29) is 22.6 Å². The molecular formula is C14H10N3O2+. The van der Waals surface area contributed by atoms with Crippen LogP contribution in [0.2, 0.25) is 0 Å². The molecule has 92 valence electrons. The number of anilines is 1. The highest BCUT2D eigenvalue weighted by molar-refractivity contribution is 6.03. The molecule has 0 spiro atoms. The van der Waals surface area contributed by atoms with Crippen molar-refractivity contribution in [1.82, 2.24) is 4.98 Å². The van der Waals surface area contributed by atoms with Gasteiger partial charge in [-0.25, -0.2) is 0 Å². The Morgan fingerprint density at radius 1 is 1.26 bits per heavy atom. The average molecular weight is 252 g/mol. The monoisotopic (exact) mass is 252 g/mol. The fraction of sp³-hybridized carbons (Fsp3) is 0. The quantitative estimate of drug-likeness (QED) is 0.424. The molecule has 0 aliphatic carbocycles. The summed E-state index contributed by atoms with van der Waals surface area (Å²) >= 11 is 0. The van der Waals surface area contributed by atoms with E-state index in [1.165, 1.54) is 6.07 Å². The maximum atomic E-state index is 12.3. The number of hydrogen-bond acceptors (Lipinski definition) is 3. The van der Waals surface area contributed by atoms with Gasteiger partial charge in [-0.1, -0.05) is 12.1 Å². The van der Waals surface area contributed by atoms with Gasteiger partial charge in [-0.05, 0) is 17.0 Å². The number of para-hydroxylation sites is 1. The third-order valence-electron chi connectivity index (χ3n) is 3.12. The molecule has 19 heavy (non-hydrogen) atoms. The summed E-state index contributed by atoms with van der Waals surface area (Å²) in [6.07, 6.45) is 0. The number of nitrogens with zero attached hydrogens (tertiary/aromatic N) is 1. The molecule has 0 aliphatic heterocycles. The number of aromatic nitrogens is 1. The molecule has 4 N–H and O–H groups in total. The van der Waals surface area contributed by atoms with Gasteiger partial charge < -0.3 is 15.8 Å². The first kappa shape index (κ1) is 11.1. The van der Waals surface area contributed by atoms with Gasteiger partial charge in [0.1, 0.15) is 0 Å². The van der Waals surface area contributed by atoms with E-state index in [1.54, 1.807) is 18.2 Å². The second kappa shape index (κ2) is 3.75. The SMILES string of the molecule is C#[N+]c1c(O)cc2c(=O)c3ccccc3[nH]c2c1N. The Kier molecular flexibility index (Phi) is 2.19. The van der Waals surface area contributed by atoms with Gasteiger partial charge in [0.05, 0.1) is 10.9 Å². The van der Waals surface area contributed by atoms with Crippen molar-refractivity contribution in [3.63, 3.8) is 0 Å². The third kappa shape index (κ3) is 1.44. The van der Waals surface area contributed by atoms with Crippen molar-refractivity contribution in [3.05, 3.63) is 45.4 Å². The van der Waals surface area contributed by atoms with E-state index < -0.39 is 0 Å². The maximum Gasteiger partial charge on any atom is 0.405 e. The predicted octanol–water partition coefficient (Wildman–Crippen LogP) is 2.56. The van der Waals surface area contributed by atoms with E-state index in [0.717, 1.165) is 0 Å². The lowest BCUT2D eigenvalue weighted by Gasteiger charge is -2.04. The van der Waals surface area contributed by atoms with Crippen LogP contribution in [0, 0.1) is 6.57 Å². The lowest BCUT2D eigenvalue weighted by atomic mass is 10.1. The predicted molar refractivity (Wildman–Crippen MR) is 76.1 cm³/mol. The van der Waals surface area contributed by atoms with Crippen molar-refractivity contribution in [2.75, 3.05) is 5.73 Å². The number of benzene rings is 2. The van der Waals surface area contributed by atoms with E-state index in [4.69, 9.17) is 12.3 Å². The zero-order chi connectivity index (χ0) is 13.6. The number of nitrogens with two attached hydrogens (primary N) is 1. The summed E-state index contributed by atoms with van der Waals surface area (Å²) in [6.45, 7) is 5.19. The highest BCUT2D eigenvalue weighted by atomic mass is 16.3. The molecule has 0 atom stereocenters. The van der Waals surface area contributed by atoms with Gasteiger partial charge in [0, 0.05) is 17.0 Å². The molecule has 0 bridgehead atoms. The normalized spacial score (nSPS) is 10.7. The molecule has 0 saturated carbocycles. The Hall–Kier alpha value is -3.00. The van der Waals surface area contributed by atoms with Gasteiger partial charge in [0.2, 0.25) is 5.75 Å². The van der Waals surface area contributed by atoms with Crippen molar-refractivity contribution in [3.8, 4) is 12.3 Å². The fourth-order valence-corrected chi connectivity index (χ4v) is 2.20. The number of phenolic OH excluding ortho intramolecular Hbond substituents is 1. The Morgan fingerprint density at radius 2 is 2.00 bits per heavy atom. The number of pyridine rings is 1. The summed E-state index contributed by atoms with van der Waals surface area (Å²) in [5.41, 5.74) is 7.00. The van der Waals surface area contributed by atoms with Crippen LogP contribution in [0.3, 0.4) is 0 Å². The van der Waals surface area contributed by atoms with Crippen LogP contribution in [-0.4, -0.2) is 10.1 Å². The number of rotatable bonds is 0. The van der Waals surface area contributed by atoms with Crippen molar-refractivity contribution >= 4 is 33.2 Å². The smallest absolute Gasteiger partial charge is 0.405 e. The summed E-state index contributed by atoms with van der Waals surface area (Å²) < 4.78 is 0. The molecule has 1 heterocycles. The van der Waals surface area contributed by atoms with Crippen LogP contribution >= 0.6 is 0 Å². The van der Waals surface area contributed by atoms with Gasteiger partial charge in [-0.2, -0.15) is 0 Å². The zero-order valence-corrected chi connectivity index (χ0v) is 9.84. The molecule has 0 fully saturated rings. The van der Waals surface area contributed by atoms with Crippen LogP contribution in [0.5, 0.6) is 5.75 Å². The van der Waals surface area contributed by atoms with Crippen molar-refractivity contribution in [1.29, 1.82) is 0 Å². The number of nitrogen functional groups attached to an aromatic ring is 1. The van der Waals surface area contributed by atoms with Crippen molar-refractivity contribution in [2.45, 2.75) is 0 Å². The molecule has 0 unspecified atom stereocenters. The fourth-order valence-electron chi connectivity index (χ4n) is 2.20. The van der Waals surface area contributed by atoms with E-state index in [9.17, 15) is 9.90 Å². The molecule has 0 aliphatic rings. The number of phenols is 1. The van der Waals surface area contributed by atoms with Crippen LogP contribution in [-0.2, 0) is 0 Å². The van der Waals surface area contributed by atoms with Crippen LogP contribution in [0.15, 0.2) is 35.1 Å².